The van der Waals surface area contributed by atoms with Crippen molar-refractivity contribution >= 4 is 5.97 Å². The Labute approximate surface area is 218 Å². The van der Waals surface area contributed by atoms with Crippen LogP contribution in [0.2, 0.25) is 0 Å². The largest absolute Gasteiger partial charge is 0.573 e. The maximum atomic E-state index is 13.9. The smallest absolute Gasteiger partial charge is 0.481 e. The van der Waals surface area contributed by atoms with E-state index in [1.165, 1.54) is 24.3 Å². The Morgan fingerprint density at radius 1 is 1.00 bits per heavy atom. The molecule has 1 saturated heterocycles. The summed E-state index contributed by atoms with van der Waals surface area (Å²) < 4.78 is 56.1. The highest BCUT2D eigenvalue weighted by atomic mass is 19.4. The number of piperidine rings is 1. The lowest BCUT2D eigenvalue weighted by Crippen LogP contribution is -2.37. The Kier molecular flexibility index (Phi) is 6.94. The number of ether oxygens (including phenoxy) is 1. The second-order valence-corrected chi connectivity index (χ2v) is 10.4. The number of rotatable bonds is 7. The zero-order valence-corrected chi connectivity index (χ0v) is 21.0. The third-order valence-electron chi connectivity index (χ3n) is 7.83. The fourth-order valence-corrected chi connectivity index (χ4v) is 5.45. The Morgan fingerprint density at radius 2 is 1.63 bits per heavy atom. The number of nitrogens with zero attached hydrogens (tertiary/aromatic N) is 1. The Hall–Kier alpha value is -3.39. The number of carboxylic acids is 1. The maximum Gasteiger partial charge on any atom is 0.573 e. The SMILES string of the molecule is CC1CCN(C(c2ccc(F)cc2)c2ccc(C3(C(=O)O)CC3)cc2-c2ccc(OC(F)(F)F)cc2)CC1. The van der Waals surface area contributed by atoms with Crippen LogP contribution in [0.3, 0.4) is 0 Å². The first-order valence-corrected chi connectivity index (χ1v) is 12.8. The summed E-state index contributed by atoms with van der Waals surface area (Å²) in [7, 11) is 0. The van der Waals surface area contributed by atoms with Crippen molar-refractivity contribution in [2.75, 3.05) is 13.1 Å². The van der Waals surface area contributed by atoms with Gasteiger partial charge in [0.2, 0.25) is 0 Å². The number of carbonyl (C=O) groups is 1. The second kappa shape index (κ2) is 10.1. The molecule has 0 bridgehead atoms. The van der Waals surface area contributed by atoms with Gasteiger partial charge in [-0.3, -0.25) is 9.69 Å². The monoisotopic (exact) mass is 527 g/mol. The van der Waals surface area contributed by atoms with Crippen molar-refractivity contribution in [1.29, 1.82) is 0 Å². The van der Waals surface area contributed by atoms with E-state index in [0.29, 0.717) is 29.9 Å². The lowest BCUT2D eigenvalue weighted by molar-refractivity contribution is -0.274. The van der Waals surface area contributed by atoms with Gasteiger partial charge >= 0.3 is 12.3 Å². The number of alkyl halides is 3. The molecule has 0 radical (unpaired) electrons. The molecule has 3 aromatic rings. The number of hydrogen-bond donors (Lipinski definition) is 1. The number of hydrogen-bond acceptors (Lipinski definition) is 3. The van der Waals surface area contributed by atoms with Gasteiger partial charge in [-0.1, -0.05) is 43.3 Å². The molecule has 5 rings (SSSR count). The predicted molar refractivity (Wildman–Crippen MR) is 135 cm³/mol. The summed E-state index contributed by atoms with van der Waals surface area (Å²) in [6.07, 6.45) is -1.71. The summed E-state index contributed by atoms with van der Waals surface area (Å²) in [5.41, 5.74) is 2.89. The molecule has 1 aliphatic heterocycles. The highest BCUT2D eigenvalue weighted by Crippen LogP contribution is 2.50. The van der Waals surface area contributed by atoms with Crippen molar-refractivity contribution in [1.82, 2.24) is 4.90 Å². The van der Waals surface area contributed by atoms with Crippen molar-refractivity contribution in [2.45, 2.75) is 50.4 Å². The van der Waals surface area contributed by atoms with Crippen LogP contribution in [0, 0.1) is 11.7 Å². The van der Waals surface area contributed by atoms with E-state index >= 15 is 0 Å². The van der Waals surface area contributed by atoms with E-state index in [1.54, 1.807) is 24.3 Å². The second-order valence-electron chi connectivity index (χ2n) is 10.4. The number of likely N-dealkylation sites (tertiary alicyclic amines) is 1. The maximum absolute atomic E-state index is 13.9. The molecule has 8 heteroatoms. The fraction of sp³-hybridized carbons (Fsp3) is 0.367. The molecule has 2 aliphatic rings. The lowest BCUT2D eigenvalue weighted by atomic mass is 9.84. The van der Waals surface area contributed by atoms with Gasteiger partial charge in [0.1, 0.15) is 11.6 Å². The van der Waals surface area contributed by atoms with Crippen LogP contribution in [0.15, 0.2) is 66.7 Å². The van der Waals surface area contributed by atoms with E-state index in [4.69, 9.17) is 0 Å². The van der Waals surface area contributed by atoms with Gasteiger partial charge in [-0.25, -0.2) is 4.39 Å². The number of halogens is 4. The molecule has 0 amide bonds. The van der Waals surface area contributed by atoms with Crippen molar-refractivity contribution in [3.05, 3.63) is 89.2 Å². The highest BCUT2D eigenvalue weighted by Gasteiger charge is 2.52. The fourth-order valence-electron chi connectivity index (χ4n) is 5.45. The van der Waals surface area contributed by atoms with Crippen LogP contribution >= 0.6 is 0 Å². The summed E-state index contributed by atoms with van der Waals surface area (Å²) in [4.78, 5) is 14.4. The average Bonchev–Trinajstić information content (AvgIpc) is 3.69. The normalized spacial score (nSPS) is 18.7. The van der Waals surface area contributed by atoms with Crippen LogP contribution in [0.4, 0.5) is 17.6 Å². The molecular formula is C30H29F4NO3. The third kappa shape index (κ3) is 5.41. The quantitative estimate of drug-likeness (QED) is 0.327. The zero-order chi connectivity index (χ0) is 27.1. The first kappa shape index (κ1) is 26.2. The first-order valence-electron chi connectivity index (χ1n) is 12.8. The molecule has 2 fully saturated rings. The minimum absolute atomic E-state index is 0.238. The lowest BCUT2D eigenvalue weighted by Gasteiger charge is -2.38. The molecule has 4 nitrogen and oxygen atoms in total. The topological polar surface area (TPSA) is 49.8 Å². The van der Waals surface area contributed by atoms with Gasteiger partial charge in [0, 0.05) is 0 Å². The Balaban J connectivity index is 1.64. The molecular weight excluding hydrogens is 498 g/mol. The van der Waals surface area contributed by atoms with Crippen molar-refractivity contribution < 1.29 is 32.2 Å². The van der Waals surface area contributed by atoms with Gasteiger partial charge in [-0.2, -0.15) is 0 Å². The van der Waals surface area contributed by atoms with Gasteiger partial charge in [-0.05, 0) is 103 Å². The van der Waals surface area contributed by atoms with E-state index in [2.05, 4.69) is 16.6 Å². The van der Waals surface area contributed by atoms with Crippen molar-refractivity contribution in [2.24, 2.45) is 5.92 Å². The summed E-state index contributed by atoms with van der Waals surface area (Å²) in [5, 5.41) is 9.91. The van der Waals surface area contributed by atoms with E-state index in [9.17, 15) is 27.5 Å². The molecule has 200 valence electrons. The minimum atomic E-state index is -4.80. The van der Waals surface area contributed by atoms with E-state index in [0.717, 1.165) is 42.6 Å². The van der Waals surface area contributed by atoms with Crippen LogP contribution < -0.4 is 4.74 Å². The first-order chi connectivity index (χ1) is 18.1. The molecule has 0 aromatic heterocycles. The molecule has 1 aliphatic carbocycles. The molecule has 1 heterocycles. The molecule has 0 spiro atoms. The summed E-state index contributed by atoms with van der Waals surface area (Å²) in [6.45, 7) is 3.89. The van der Waals surface area contributed by atoms with Gasteiger partial charge in [0.25, 0.3) is 0 Å². The molecule has 1 saturated carbocycles. The van der Waals surface area contributed by atoms with E-state index in [-0.39, 0.29) is 17.6 Å². The highest BCUT2D eigenvalue weighted by molar-refractivity contribution is 5.86. The molecule has 1 atom stereocenters. The number of benzene rings is 3. The Morgan fingerprint density at radius 3 is 2.18 bits per heavy atom. The van der Waals surface area contributed by atoms with Crippen LogP contribution in [0.25, 0.3) is 11.1 Å². The van der Waals surface area contributed by atoms with Crippen LogP contribution in [0.1, 0.15) is 55.3 Å². The van der Waals surface area contributed by atoms with Crippen molar-refractivity contribution in [3.63, 3.8) is 0 Å². The van der Waals surface area contributed by atoms with Crippen LogP contribution in [-0.4, -0.2) is 35.4 Å². The standard InChI is InChI=1S/C30H29F4NO3/c1-19-12-16-35(17-13-19)27(21-2-7-23(31)8-3-21)25-11-6-22(29(14-15-29)28(36)37)18-26(25)20-4-9-24(10-5-20)38-30(32,33)34/h2-11,18-19,27H,12-17H2,1H3,(H,36,37). The van der Waals surface area contributed by atoms with Gasteiger partial charge in [-0.15, -0.1) is 13.2 Å². The van der Waals surface area contributed by atoms with Crippen LogP contribution in [-0.2, 0) is 10.2 Å². The van der Waals surface area contributed by atoms with E-state index in [1.807, 2.05) is 18.2 Å². The molecule has 1 N–H and O–H groups in total. The third-order valence-corrected chi connectivity index (χ3v) is 7.83. The average molecular weight is 528 g/mol. The Bertz CT molecular complexity index is 1290. The van der Waals surface area contributed by atoms with Gasteiger partial charge < -0.3 is 9.84 Å². The number of carboxylic acid groups (broad SMARTS) is 1. The summed E-state index contributed by atoms with van der Waals surface area (Å²) in [6, 6.07) is 17.4. The van der Waals surface area contributed by atoms with Gasteiger partial charge in [0.05, 0.1) is 11.5 Å². The predicted octanol–water partition coefficient (Wildman–Crippen LogP) is 7.33. The van der Waals surface area contributed by atoms with Gasteiger partial charge in [0.15, 0.2) is 0 Å². The van der Waals surface area contributed by atoms with Crippen LogP contribution in [0.5, 0.6) is 5.75 Å². The molecule has 38 heavy (non-hydrogen) atoms. The summed E-state index contributed by atoms with van der Waals surface area (Å²) >= 11 is 0. The minimum Gasteiger partial charge on any atom is -0.481 e. The molecule has 3 aromatic carbocycles. The number of aliphatic carboxylic acids is 1. The molecule has 1 unspecified atom stereocenters. The van der Waals surface area contributed by atoms with Crippen molar-refractivity contribution in [3.8, 4) is 16.9 Å². The summed E-state index contributed by atoms with van der Waals surface area (Å²) in [5.74, 6) is -0.963. The zero-order valence-electron chi connectivity index (χ0n) is 21.0. The van der Waals surface area contributed by atoms with E-state index < -0.39 is 17.7 Å².